The Balaban J connectivity index is 1.38. The zero-order chi connectivity index (χ0) is 24.4. The van der Waals surface area contributed by atoms with Gasteiger partial charge in [-0.15, -0.1) is 0 Å². The monoisotopic (exact) mass is 473 g/mol. The van der Waals surface area contributed by atoms with Crippen LogP contribution in [0.3, 0.4) is 0 Å². The Hall–Kier alpha value is -3.68. The van der Waals surface area contributed by atoms with E-state index in [1.54, 1.807) is 13.8 Å². The number of ether oxygens (including phenoxy) is 3. The number of carbonyl (C=O) groups is 2. The second-order valence-corrected chi connectivity index (χ2v) is 8.61. The molecule has 5 rings (SSSR count). The van der Waals surface area contributed by atoms with Crippen molar-refractivity contribution >= 4 is 12.1 Å². The van der Waals surface area contributed by atoms with Crippen LogP contribution >= 0.6 is 0 Å². The fourth-order valence-corrected chi connectivity index (χ4v) is 4.68. The number of carbonyl (C=O) groups excluding carboxylic acids is 2. The number of hydrogen-bond donors (Lipinski definition) is 0. The van der Waals surface area contributed by atoms with Crippen molar-refractivity contribution in [1.29, 1.82) is 0 Å². The van der Waals surface area contributed by atoms with E-state index in [-0.39, 0.29) is 25.7 Å². The molecule has 1 aliphatic heterocycles. The van der Waals surface area contributed by atoms with Crippen molar-refractivity contribution in [3.63, 3.8) is 0 Å². The molecule has 1 fully saturated rings. The lowest BCUT2D eigenvalue weighted by Crippen LogP contribution is -2.57. The van der Waals surface area contributed by atoms with Crippen LogP contribution in [0.4, 0.5) is 4.79 Å². The SMILES string of the molecule is CCOC(=O)[C@@H]1COC(C)(c2ccccc2)ON1C(=O)OCC1c2ccccc2-c2ccccc21. The van der Waals surface area contributed by atoms with Crippen LogP contribution < -0.4 is 0 Å². The number of esters is 1. The largest absolute Gasteiger partial charge is 0.464 e. The Labute approximate surface area is 204 Å². The van der Waals surface area contributed by atoms with E-state index in [1.165, 1.54) is 0 Å². The highest BCUT2D eigenvalue weighted by Gasteiger charge is 2.47. The van der Waals surface area contributed by atoms with Crippen LogP contribution in [0, 0.1) is 0 Å². The Bertz CT molecular complexity index is 1180. The van der Waals surface area contributed by atoms with E-state index in [0.29, 0.717) is 5.56 Å². The molecule has 35 heavy (non-hydrogen) atoms. The predicted octanol–water partition coefficient (Wildman–Crippen LogP) is 5.00. The maximum atomic E-state index is 13.3. The lowest BCUT2D eigenvalue weighted by atomic mass is 9.98. The fourth-order valence-electron chi connectivity index (χ4n) is 4.68. The molecular formula is C28H27NO6. The van der Waals surface area contributed by atoms with Crippen molar-refractivity contribution in [2.75, 3.05) is 19.8 Å². The van der Waals surface area contributed by atoms with Crippen LogP contribution in [0.15, 0.2) is 78.9 Å². The minimum Gasteiger partial charge on any atom is -0.464 e. The summed E-state index contributed by atoms with van der Waals surface area (Å²) >= 11 is 0. The van der Waals surface area contributed by atoms with Crippen LogP contribution in [-0.4, -0.2) is 43.0 Å². The van der Waals surface area contributed by atoms with Gasteiger partial charge in [-0.25, -0.2) is 14.4 Å². The van der Waals surface area contributed by atoms with Gasteiger partial charge >= 0.3 is 12.1 Å². The number of rotatable bonds is 5. The van der Waals surface area contributed by atoms with Crippen molar-refractivity contribution in [3.05, 3.63) is 95.6 Å². The van der Waals surface area contributed by atoms with Gasteiger partial charge in [-0.05, 0) is 36.1 Å². The van der Waals surface area contributed by atoms with Gasteiger partial charge < -0.3 is 14.2 Å². The molecule has 1 aliphatic carbocycles. The summed E-state index contributed by atoms with van der Waals surface area (Å²) in [6, 6.07) is 24.4. The number of hydroxylamine groups is 2. The summed E-state index contributed by atoms with van der Waals surface area (Å²) in [7, 11) is 0. The third kappa shape index (κ3) is 4.29. The number of benzene rings is 3. The molecule has 0 bridgehead atoms. The van der Waals surface area contributed by atoms with E-state index in [1.807, 2.05) is 66.7 Å². The third-order valence-electron chi connectivity index (χ3n) is 6.45. The van der Waals surface area contributed by atoms with Gasteiger partial charge in [0.05, 0.1) is 13.2 Å². The van der Waals surface area contributed by atoms with Crippen LogP contribution in [-0.2, 0) is 29.6 Å². The normalized spacial score (nSPS) is 21.2. The first kappa shape index (κ1) is 23.1. The minimum atomic E-state index is -1.27. The molecule has 2 atom stereocenters. The predicted molar refractivity (Wildman–Crippen MR) is 128 cm³/mol. The Morgan fingerprint density at radius 1 is 0.914 bits per heavy atom. The summed E-state index contributed by atoms with van der Waals surface area (Å²) in [6.07, 6.45) is -0.768. The number of nitrogens with zero attached hydrogens (tertiary/aromatic N) is 1. The molecule has 3 aromatic rings. The van der Waals surface area contributed by atoms with Crippen LogP contribution in [0.25, 0.3) is 11.1 Å². The van der Waals surface area contributed by atoms with Crippen molar-refractivity contribution in [3.8, 4) is 11.1 Å². The molecule has 0 saturated carbocycles. The van der Waals surface area contributed by atoms with E-state index >= 15 is 0 Å². The summed E-state index contributed by atoms with van der Waals surface area (Å²) in [5, 5.41) is 0.960. The second kappa shape index (κ2) is 9.52. The molecule has 0 N–H and O–H groups in total. The summed E-state index contributed by atoms with van der Waals surface area (Å²) < 4.78 is 16.8. The number of hydrogen-bond acceptors (Lipinski definition) is 6. The lowest BCUT2D eigenvalue weighted by Gasteiger charge is -2.42. The van der Waals surface area contributed by atoms with E-state index < -0.39 is 23.9 Å². The molecule has 2 aliphatic rings. The highest BCUT2D eigenvalue weighted by atomic mass is 16.8. The van der Waals surface area contributed by atoms with E-state index in [9.17, 15) is 9.59 Å². The average molecular weight is 474 g/mol. The molecule has 7 heteroatoms. The van der Waals surface area contributed by atoms with Gasteiger partial charge in [0.1, 0.15) is 6.61 Å². The van der Waals surface area contributed by atoms with Crippen LogP contribution in [0.1, 0.15) is 36.5 Å². The molecule has 7 nitrogen and oxygen atoms in total. The molecule has 0 radical (unpaired) electrons. The lowest BCUT2D eigenvalue weighted by molar-refractivity contribution is -0.380. The van der Waals surface area contributed by atoms with Crippen LogP contribution in [0.2, 0.25) is 0 Å². The first-order chi connectivity index (χ1) is 17.0. The molecule has 1 unspecified atom stereocenters. The van der Waals surface area contributed by atoms with Crippen molar-refractivity contribution < 1.29 is 28.6 Å². The van der Waals surface area contributed by atoms with E-state index in [0.717, 1.165) is 27.3 Å². The zero-order valence-corrected chi connectivity index (χ0v) is 19.7. The van der Waals surface area contributed by atoms with Gasteiger partial charge in [0.15, 0.2) is 6.04 Å². The summed E-state index contributed by atoms with van der Waals surface area (Å²) in [4.78, 5) is 31.9. The smallest absolute Gasteiger partial charge is 0.435 e. The van der Waals surface area contributed by atoms with Gasteiger partial charge in [-0.3, -0.25) is 0 Å². The Morgan fingerprint density at radius 3 is 2.14 bits per heavy atom. The summed E-state index contributed by atoms with van der Waals surface area (Å²) in [6.45, 7) is 3.59. The van der Waals surface area contributed by atoms with Gasteiger partial charge in [0, 0.05) is 11.5 Å². The second-order valence-electron chi connectivity index (χ2n) is 8.61. The molecule has 1 saturated heterocycles. The number of amides is 1. The van der Waals surface area contributed by atoms with Gasteiger partial charge in [-0.2, -0.15) is 5.06 Å². The maximum Gasteiger partial charge on any atom is 0.435 e. The number of fused-ring (bicyclic) bond motifs is 3. The Kier molecular flexibility index (Phi) is 6.28. The molecule has 0 aromatic heterocycles. The topological polar surface area (TPSA) is 74.3 Å². The third-order valence-corrected chi connectivity index (χ3v) is 6.45. The van der Waals surface area contributed by atoms with Gasteiger partial charge in [0.2, 0.25) is 5.79 Å². The highest BCUT2D eigenvalue weighted by Crippen LogP contribution is 2.44. The first-order valence-electron chi connectivity index (χ1n) is 11.7. The highest BCUT2D eigenvalue weighted by molar-refractivity contribution is 5.82. The first-order valence-corrected chi connectivity index (χ1v) is 11.7. The van der Waals surface area contributed by atoms with E-state index in [4.69, 9.17) is 19.0 Å². The van der Waals surface area contributed by atoms with Crippen molar-refractivity contribution in [2.45, 2.75) is 31.6 Å². The summed E-state index contributed by atoms with van der Waals surface area (Å²) in [5.41, 5.74) is 5.17. The quantitative estimate of drug-likeness (QED) is 0.486. The van der Waals surface area contributed by atoms with Crippen molar-refractivity contribution in [2.24, 2.45) is 0 Å². The average Bonchev–Trinajstić information content (AvgIpc) is 3.21. The fraction of sp³-hybridized carbons (Fsp3) is 0.286. The van der Waals surface area contributed by atoms with Gasteiger partial charge in [0.25, 0.3) is 0 Å². The molecular weight excluding hydrogens is 446 g/mol. The molecule has 1 heterocycles. The molecule has 3 aromatic carbocycles. The summed E-state index contributed by atoms with van der Waals surface area (Å²) in [5.74, 6) is -2.00. The zero-order valence-electron chi connectivity index (χ0n) is 19.7. The maximum absolute atomic E-state index is 13.3. The van der Waals surface area contributed by atoms with Gasteiger partial charge in [-0.1, -0.05) is 78.9 Å². The molecule has 1 amide bonds. The molecule has 180 valence electrons. The minimum absolute atomic E-state index is 0.0889. The van der Waals surface area contributed by atoms with Crippen LogP contribution in [0.5, 0.6) is 0 Å². The van der Waals surface area contributed by atoms with Crippen molar-refractivity contribution in [1.82, 2.24) is 5.06 Å². The molecule has 0 spiro atoms. The van der Waals surface area contributed by atoms with E-state index in [2.05, 4.69) is 12.1 Å². The Morgan fingerprint density at radius 2 is 1.51 bits per heavy atom. The standard InChI is InChI=1S/C28H27NO6/c1-3-32-26(30)25-18-34-28(2,19-11-5-4-6-12-19)35-29(25)27(31)33-17-24-22-15-9-7-13-20(22)21-14-8-10-16-23(21)24/h4-16,24-25H,3,17-18H2,1-2H3/t25-,28?/m0/s1.